The molecule has 3 N–H and O–H groups in total. The van der Waals surface area contributed by atoms with Crippen LogP contribution < -0.4 is 15.8 Å². The van der Waals surface area contributed by atoms with Crippen molar-refractivity contribution in [2.45, 2.75) is 26.3 Å². The highest BCUT2D eigenvalue weighted by atomic mass is 16.6. The lowest BCUT2D eigenvalue weighted by atomic mass is 10.1. The maximum Gasteiger partial charge on any atom is 0.269 e. The van der Waals surface area contributed by atoms with Gasteiger partial charge in [-0.05, 0) is 39.0 Å². The van der Waals surface area contributed by atoms with E-state index in [1.807, 2.05) is 20.8 Å². The minimum absolute atomic E-state index is 0.0585. The number of nitrogens with two attached hydrogens (primary N) is 1. The molecule has 10 heteroatoms. The topological polar surface area (TPSA) is 138 Å². The van der Waals surface area contributed by atoms with Crippen LogP contribution in [0.5, 0.6) is 5.88 Å². The second-order valence-corrected chi connectivity index (χ2v) is 7.53. The first-order valence-corrected chi connectivity index (χ1v) is 9.07. The predicted molar refractivity (Wildman–Crippen MR) is 112 cm³/mol. The van der Waals surface area contributed by atoms with Gasteiger partial charge in [0.05, 0.1) is 17.6 Å². The first-order valence-electron chi connectivity index (χ1n) is 9.07. The van der Waals surface area contributed by atoms with Crippen LogP contribution >= 0.6 is 0 Å². The van der Waals surface area contributed by atoms with Gasteiger partial charge in [-0.15, -0.1) is 0 Å². The van der Waals surface area contributed by atoms with Crippen molar-refractivity contribution in [2.24, 2.45) is 5.73 Å². The molecule has 0 radical (unpaired) electrons. The summed E-state index contributed by atoms with van der Waals surface area (Å²) in [6, 6.07) is 9.20. The predicted octanol–water partition coefficient (Wildman–Crippen LogP) is 3.46. The number of benzene rings is 1. The normalized spacial score (nSPS) is 11.2. The van der Waals surface area contributed by atoms with Gasteiger partial charge < -0.3 is 15.8 Å². The van der Waals surface area contributed by atoms with Crippen LogP contribution in [0.2, 0.25) is 0 Å². The standard InChI is InChI=1S/C20H22N6O4/c1-20(2,3)25-19(23-13-9-10-22-15(11-13)30-4)16(18(21)27)17(24-25)12-5-7-14(8-6-12)26(28)29/h5-11H,1-4H3,(H2,21,27)(H,22,23). The molecule has 30 heavy (non-hydrogen) atoms. The molecule has 0 aliphatic heterocycles. The van der Waals surface area contributed by atoms with E-state index < -0.39 is 16.4 Å². The number of carbonyl (C=O) groups is 1. The van der Waals surface area contributed by atoms with Gasteiger partial charge in [0.1, 0.15) is 17.1 Å². The van der Waals surface area contributed by atoms with Crippen LogP contribution in [0, 0.1) is 10.1 Å². The molecule has 0 bridgehead atoms. The van der Waals surface area contributed by atoms with Gasteiger partial charge in [-0.2, -0.15) is 5.10 Å². The zero-order chi connectivity index (χ0) is 22.1. The van der Waals surface area contributed by atoms with Crippen molar-refractivity contribution >= 4 is 23.1 Å². The Hall–Kier alpha value is -3.95. The van der Waals surface area contributed by atoms with E-state index >= 15 is 0 Å². The minimum Gasteiger partial charge on any atom is -0.481 e. The molecule has 2 heterocycles. The number of rotatable bonds is 6. The monoisotopic (exact) mass is 410 g/mol. The number of nitro groups is 1. The van der Waals surface area contributed by atoms with Gasteiger partial charge in [0.2, 0.25) is 5.88 Å². The maximum atomic E-state index is 12.4. The quantitative estimate of drug-likeness (QED) is 0.469. The molecule has 1 aromatic carbocycles. The minimum atomic E-state index is -0.678. The molecule has 1 amide bonds. The summed E-state index contributed by atoms with van der Waals surface area (Å²) in [6.45, 7) is 5.80. The van der Waals surface area contributed by atoms with Crippen LogP contribution in [-0.4, -0.2) is 32.7 Å². The number of nitrogens with one attached hydrogen (secondary N) is 1. The molecule has 0 aliphatic carbocycles. The third-order valence-corrected chi connectivity index (χ3v) is 4.33. The van der Waals surface area contributed by atoms with E-state index in [0.29, 0.717) is 28.6 Å². The average molecular weight is 410 g/mol. The van der Waals surface area contributed by atoms with Crippen LogP contribution in [0.25, 0.3) is 11.3 Å². The van der Waals surface area contributed by atoms with Crippen LogP contribution in [0.4, 0.5) is 17.2 Å². The third-order valence-electron chi connectivity index (χ3n) is 4.33. The van der Waals surface area contributed by atoms with Crippen molar-refractivity contribution in [3.63, 3.8) is 0 Å². The summed E-state index contributed by atoms with van der Waals surface area (Å²) in [6.07, 6.45) is 1.57. The van der Waals surface area contributed by atoms with Crippen molar-refractivity contribution in [3.8, 4) is 17.1 Å². The molecule has 0 aliphatic rings. The Morgan fingerprint density at radius 1 is 1.23 bits per heavy atom. The van der Waals surface area contributed by atoms with E-state index in [-0.39, 0.29) is 11.3 Å². The largest absolute Gasteiger partial charge is 0.481 e. The van der Waals surface area contributed by atoms with E-state index in [1.165, 1.54) is 19.2 Å². The number of nitrogens with zero attached hydrogens (tertiary/aromatic N) is 4. The number of nitro benzene ring substituents is 1. The Kier molecular flexibility index (Phi) is 5.41. The summed E-state index contributed by atoms with van der Waals surface area (Å²) in [5.74, 6) is 0.122. The molecule has 0 fully saturated rings. The van der Waals surface area contributed by atoms with Gasteiger partial charge in [0, 0.05) is 35.6 Å². The van der Waals surface area contributed by atoms with Gasteiger partial charge in [-0.1, -0.05) is 0 Å². The number of methoxy groups -OCH3 is 1. The van der Waals surface area contributed by atoms with Crippen LogP contribution in [-0.2, 0) is 5.54 Å². The molecule has 3 aromatic rings. The lowest BCUT2D eigenvalue weighted by molar-refractivity contribution is -0.384. The van der Waals surface area contributed by atoms with E-state index in [2.05, 4.69) is 15.4 Å². The summed E-state index contributed by atoms with van der Waals surface area (Å²) in [4.78, 5) is 27.0. The van der Waals surface area contributed by atoms with Gasteiger partial charge in [-0.25, -0.2) is 9.67 Å². The summed E-state index contributed by atoms with van der Waals surface area (Å²) in [7, 11) is 1.51. The van der Waals surface area contributed by atoms with Crippen molar-refractivity contribution in [3.05, 3.63) is 58.3 Å². The highest BCUT2D eigenvalue weighted by Crippen LogP contribution is 2.35. The second-order valence-electron chi connectivity index (χ2n) is 7.53. The molecule has 2 aromatic heterocycles. The Balaban J connectivity index is 2.19. The Morgan fingerprint density at radius 3 is 2.43 bits per heavy atom. The van der Waals surface area contributed by atoms with Crippen molar-refractivity contribution in [1.82, 2.24) is 14.8 Å². The number of anilines is 2. The number of non-ortho nitro benzene ring substituents is 1. The fraction of sp³-hybridized carbons (Fsp3) is 0.250. The Morgan fingerprint density at radius 2 is 1.90 bits per heavy atom. The summed E-state index contributed by atoms with van der Waals surface area (Å²) >= 11 is 0. The summed E-state index contributed by atoms with van der Waals surface area (Å²) in [5.41, 5.74) is 6.83. The van der Waals surface area contributed by atoms with E-state index in [1.54, 1.807) is 35.1 Å². The number of carbonyl (C=O) groups excluding carboxylic acids is 1. The van der Waals surface area contributed by atoms with Crippen LogP contribution in [0.1, 0.15) is 31.1 Å². The molecule has 0 saturated heterocycles. The Labute approximate surface area is 172 Å². The second kappa shape index (κ2) is 7.82. The first kappa shape index (κ1) is 20.8. The maximum absolute atomic E-state index is 12.4. The number of hydrogen-bond donors (Lipinski definition) is 2. The van der Waals surface area contributed by atoms with Crippen molar-refractivity contribution < 1.29 is 14.5 Å². The number of aromatic nitrogens is 3. The summed E-state index contributed by atoms with van der Waals surface area (Å²) < 4.78 is 6.82. The average Bonchev–Trinajstić information content (AvgIpc) is 3.08. The molecule has 0 saturated carbocycles. The van der Waals surface area contributed by atoms with E-state index in [9.17, 15) is 14.9 Å². The highest BCUT2D eigenvalue weighted by molar-refractivity contribution is 6.04. The molecule has 10 nitrogen and oxygen atoms in total. The molecular formula is C20H22N6O4. The van der Waals surface area contributed by atoms with Gasteiger partial charge in [0.25, 0.3) is 11.6 Å². The van der Waals surface area contributed by atoms with Crippen molar-refractivity contribution in [2.75, 3.05) is 12.4 Å². The fourth-order valence-electron chi connectivity index (χ4n) is 2.93. The number of ether oxygens (including phenoxy) is 1. The van der Waals surface area contributed by atoms with Crippen LogP contribution in [0.3, 0.4) is 0 Å². The van der Waals surface area contributed by atoms with E-state index in [0.717, 1.165) is 0 Å². The fourth-order valence-corrected chi connectivity index (χ4v) is 2.93. The lowest BCUT2D eigenvalue weighted by Crippen LogP contribution is -2.25. The number of primary amides is 1. The third kappa shape index (κ3) is 4.07. The van der Waals surface area contributed by atoms with Gasteiger partial charge >= 0.3 is 0 Å². The number of hydrogen-bond acceptors (Lipinski definition) is 7. The number of pyridine rings is 1. The first-order chi connectivity index (χ1) is 14.1. The molecule has 0 spiro atoms. The smallest absolute Gasteiger partial charge is 0.269 e. The van der Waals surface area contributed by atoms with E-state index in [4.69, 9.17) is 10.5 Å². The lowest BCUT2D eigenvalue weighted by Gasteiger charge is -2.23. The molecule has 3 rings (SSSR count). The molecule has 0 atom stereocenters. The van der Waals surface area contributed by atoms with Crippen molar-refractivity contribution in [1.29, 1.82) is 0 Å². The highest BCUT2D eigenvalue weighted by Gasteiger charge is 2.29. The van der Waals surface area contributed by atoms with Crippen LogP contribution in [0.15, 0.2) is 42.6 Å². The Bertz CT molecular complexity index is 1100. The molecule has 0 unspecified atom stereocenters. The zero-order valence-corrected chi connectivity index (χ0v) is 17.0. The number of amides is 1. The zero-order valence-electron chi connectivity index (χ0n) is 17.0. The SMILES string of the molecule is COc1cc(Nc2c(C(N)=O)c(-c3ccc([N+](=O)[O-])cc3)nn2C(C)(C)C)ccn1. The van der Waals surface area contributed by atoms with Gasteiger partial charge in [0.15, 0.2) is 0 Å². The molecular weight excluding hydrogens is 388 g/mol. The summed E-state index contributed by atoms with van der Waals surface area (Å²) in [5, 5.41) is 18.8. The van der Waals surface area contributed by atoms with Gasteiger partial charge in [-0.3, -0.25) is 14.9 Å². The molecule has 156 valence electrons.